The molecule has 6 heteroatoms. The summed E-state index contributed by atoms with van der Waals surface area (Å²) in [7, 11) is -0.918. The summed E-state index contributed by atoms with van der Waals surface area (Å²) in [6.07, 6.45) is 3.88. The molecule has 0 saturated heterocycles. The fraction of sp³-hybridized carbons (Fsp3) is 0.467. The summed E-state index contributed by atoms with van der Waals surface area (Å²) in [5.74, 6) is 0.396. The predicted molar refractivity (Wildman–Crippen MR) is 82.2 cm³/mol. The van der Waals surface area contributed by atoms with E-state index in [-0.39, 0.29) is 10.8 Å². The van der Waals surface area contributed by atoms with E-state index in [0.717, 1.165) is 24.2 Å². The zero-order valence-corrected chi connectivity index (χ0v) is 12.9. The number of rotatable bonds is 5. The van der Waals surface area contributed by atoms with Crippen molar-refractivity contribution in [3.8, 4) is 0 Å². The first-order chi connectivity index (χ1) is 9.99. The van der Waals surface area contributed by atoms with E-state index in [1.165, 1.54) is 0 Å². The predicted octanol–water partition coefficient (Wildman–Crippen LogP) is 2.38. The van der Waals surface area contributed by atoms with Crippen molar-refractivity contribution < 1.29 is 14.1 Å². The van der Waals surface area contributed by atoms with Gasteiger partial charge in [0.2, 0.25) is 0 Å². The Morgan fingerprint density at radius 2 is 2.24 bits per heavy atom. The van der Waals surface area contributed by atoms with Crippen molar-refractivity contribution in [2.24, 2.45) is 0 Å². The van der Waals surface area contributed by atoms with Gasteiger partial charge in [0.1, 0.15) is 11.3 Å². The number of aromatic nitrogens is 2. The molecule has 1 aliphatic carbocycles. The van der Waals surface area contributed by atoms with Crippen molar-refractivity contribution in [2.75, 3.05) is 6.26 Å². The highest BCUT2D eigenvalue weighted by Crippen LogP contribution is 2.41. The highest BCUT2D eigenvalue weighted by atomic mass is 32.2. The molecule has 0 bridgehead atoms. The Kier molecular flexibility index (Phi) is 3.57. The van der Waals surface area contributed by atoms with Crippen molar-refractivity contribution in [3.63, 3.8) is 0 Å². The number of benzene rings is 1. The minimum absolute atomic E-state index is 0.00776. The van der Waals surface area contributed by atoms with Crippen LogP contribution in [0.4, 0.5) is 0 Å². The molecule has 0 spiro atoms. The number of hydrogen-bond donors (Lipinski definition) is 1. The SMILES string of the molecule is CC(Cn1c(C2CC2)nc2c(C(=O)O)cccc21)S(C)=O. The maximum Gasteiger partial charge on any atom is 0.337 e. The van der Waals surface area contributed by atoms with Gasteiger partial charge in [-0.25, -0.2) is 9.78 Å². The van der Waals surface area contributed by atoms with Gasteiger partial charge in [0.05, 0.1) is 11.1 Å². The quantitative estimate of drug-likeness (QED) is 0.920. The molecule has 2 unspecified atom stereocenters. The van der Waals surface area contributed by atoms with E-state index < -0.39 is 16.8 Å². The van der Waals surface area contributed by atoms with Gasteiger partial charge < -0.3 is 9.67 Å². The van der Waals surface area contributed by atoms with Gasteiger partial charge in [-0.15, -0.1) is 0 Å². The smallest absolute Gasteiger partial charge is 0.337 e. The number of para-hydroxylation sites is 1. The van der Waals surface area contributed by atoms with Crippen LogP contribution in [0.2, 0.25) is 0 Å². The minimum Gasteiger partial charge on any atom is -0.478 e. The number of carboxylic acid groups (broad SMARTS) is 1. The van der Waals surface area contributed by atoms with Crippen molar-refractivity contribution in [1.29, 1.82) is 0 Å². The molecule has 1 aromatic heterocycles. The second kappa shape index (κ2) is 5.26. The van der Waals surface area contributed by atoms with E-state index >= 15 is 0 Å². The van der Waals surface area contributed by atoms with E-state index in [4.69, 9.17) is 0 Å². The second-order valence-electron chi connectivity index (χ2n) is 5.64. The van der Waals surface area contributed by atoms with Crippen LogP contribution < -0.4 is 0 Å². The molecule has 0 aliphatic heterocycles. The maximum atomic E-state index is 11.7. The first-order valence-electron chi connectivity index (χ1n) is 7.03. The van der Waals surface area contributed by atoms with Gasteiger partial charge in [0, 0.05) is 34.8 Å². The molecule has 2 atom stereocenters. The van der Waals surface area contributed by atoms with Crippen LogP contribution in [0.25, 0.3) is 11.0 Å². The normalized spacial score (nSPS) is 17.8. The average molecular weight is 306 g/mol. The van der Waals surface area contributed by atoms with E-state index in [0.29, 0.717) is 18.0 Å². The lowest BCUT2D eigenvalue weighted by atomic mass is 10.2. The largest absolute Gasteiger partial charge is 0.478 e. The zero-order valence-electron chi connectivity index (χ0n) is 12.1. The number of imidazole rings is 1. The number of fused-ring (bicyclic) bond motifs is 1. The van der Waals surface area contributed by atoms with Gasteiger partial charge in [-0.3, -0.25) is 4.21 Å². The van der Waals surface area contributed by atoms with Crippen molar-refractivity contribution >= 4 is 27.8 Å². The highest BCUT2D eigenvalue weighted by molar-refractivity contribution is 7.84. The second-order valence-corrected chi connectivity index (χ2v) is 7.44. The van der Waals surface area contributed by atoms with Crippen LogP contribution >= 0.6 is 0 Å². The van der Waals surface area contributed by atoms with Gasteiger partial charge in [-0.05, 0) is 31.9 Å². The van der Waals surface area contributed by atoms with Crippen LogP contribution in [0.5, 0.6) is 0 Å². The number of carbonyl (C=O) groups is 1. The molecule has 5 nitrogen and oxygen atoms in total. The molecule has 1 fully saturated rings. The molecule has 0 amide bonds. The topological polar surface area (TPSA) is 72.2 Å². The van der Waals surface area contributed by atoms with Crippen molar-refractivity contribution in [1.82, 2.24) is 9.55 Å². The number of aromatic carboxylic acids is 1. The molecule has 112 valence electrons. The summed E-state index contributed by atoms with van der Waals surface area (Å²) >= 11 is 0. The van der Waals surface area contributed by atoms with Crippen LogP contribution in [0.15, 0.2) is 18.2 Å². The van der Waals surface area contributed by atoms with E-state index in [1.54, 1.807) is 18.4 Å². The van der Waals surface area contributed by atoms with Gasteiger partial charge >= 0.3 is 5.97 Å². The number of hydrogen-bond acceptors (Lipinski definition) is 3. The molecule has 1 saturated carbocycles. The molecule has 1 aliphatic rings. The fourth-order valence-electron chi connectivity index (χ4n) is 2.54. The van der Waals surface area contributed by atoms with Crippen LogP contribution in [0.1, 0.15) is 41.9 Å². The fourth-order valence-corrected chi connectivity index (χ4v) is 2.90. The zero-order chi connectivity index (χ0) is 15.1. The lowest BCUT2D eigenvalue weighted by molar-refractivity contribution is 0.0699. The van der Waals surface area contributed by atoms with Crippen molar-refractivity contribution in [2.45, 2.75) is 37.5 Å². The molecule has 1 N–H and O–H groups in total. The molecule has 1 aromatic carbocycles. The molecule has 21 heavy (non-hydrogen) atoms. The van der Waals surface area contributed by atoms with Crippen LogP contribution in [0, 0.1) is 0 Å². The summed E-state index contributed by atoms with van der Waals surface area (Å²) in [4.78, 5) is 15.9. The number of carboxylic acids is 1. The Balaban J connectivity index is 2.16. The Bertz CT molecular complexity index is 734. The Morgan fingerprint density at radius 1 is 1.52 bits per heavy atom. The third kappa shape index (κ3) is 2.60. The third-order valence-electron chi connectivity index (χ3n) is 3.99. The average Bonchev–Trinajstić information content (AvgIpc) is 3.21. The number of nitrogens with zero attached hydrogens (tertiary/aromatic N) is 2. The van der Waals surface area contributed by atoms with Gasteiger partial charge in [-0.2, -0.15) is 0 Å². The first-order valence-corrected chi connectivity index (χ1v) is 8.66. The first kappa shape index (κ1) is 14.3. The lowest BCUT2D eigenvalue weighted by Crippen LogP contribution is -2.18. The Hall–Kier alpha value is -1.69. The summed E-state index contributed by atoms with van der Waals surface area (Å²) in [5, 5.41) is 9.32. The summed E-state index contributed by atoms with van der Waals surface area (Å²) < 4.78 is 13.7. The van der Waals surface area contributed by atoms with Crippen LogP contribution in [0.3, 0.4) is 0 Å². The Labute approximate surface area is 125 Å². The lowest BCUT2D eigenvalue weighted by Gasteiger charge is -2.13. The Morgan fingerprint density at radius 3 is 2.81 bits per heavy atom. The summed E-state index contributed by atoms with van der Waals surface area (Å²) in [5.41, 5.74) is 1.61. The van der Waals surface area contributed by atoms with Gasteiger partial charge in [-0.1, -0.05) is 6.07 Å². The summed E-state index contributed by atoms with van der Waals surface area (Å²) in [6.45, 7) is 2.55. The minimum atomic E-state index is -0.959. The standard InChI is InChI=1S/C15H18N2O3S/c1-9(21(2)20)8-17-12-5-3-4-11(15(18)19)13(12)16-14(17)10-6-7-10/h3-5,9-10H,6-8H2,1-2H3,(H,18,19). The molecular formula is C15H18N2O3S. The van der Waals surface area contributed by atoms with Gasteiger partial charge in [0.25, 0.3) is 0 Å². The third-order valence-corrected chi connectivity index (χ3v) is 5.27. The van der Waals surface area contributed by atoms with Gasteiger partial charge in [0.15, 0.2) is 0 Å². The van der Waals surface area contributed by atoms with E-state index in [2.05, 4.69) is 9.55 Å². The maximum absolute atomic E-state index is 11.7. The molecule has 2 aromatic rings. The molecule has 3 rings (SSSR count). The highest BCUT2D eigenvalue weighted by Gasteiger charge is 2.31. The monoisotopic (exact) mass is 306 g/mol. The van der Waals surface area contributed by atoms with E-state index in [9.17, 15) is 14.1 Å². The van der Waals surface area contributed by atoms with Crippen LogP contribution in [-0.2, 0) is 17.3 Å². The van der Waals surface area contributed by atoms with Crippen molar-refractivity contribution in [3.05, 3.63) is 29.6 Å². The van der Waals surface area contributed by atoms with Crippen LogP contribution in [-0.4, -0.2) is 36.3 Å². The van der Waals surface area contributed by atoms with E-state index in [1.807, 2.05) is 13.0 Å². The summed E-state index contributed by atoms with van der Waals surface area (Å²) in [6, 6.07) is 5.22. The molecular weight excluding hydrogens is 288 g/mol. The molecule has 1 heterocycles. The molecule has 0 radical (unpaired) electrons.